The second-order valence-corrected chi connectivity index (χ2v) is 5.57. The Labute approximate surface area is 144 Å². The van der Waals surface area contributed by atoms with Crippen molar-refractivity contribution in [1.29, 1.82) is 0 Å². The number of carbonyl (C=O) groups excluding carboxylic acids is 1. The molecule has 0 heterocycles. The van der Waals surface area contributed by atoms with Crippen molar-refractivity contribution in [2.24, 2.45) is 0 Å². The molecule has 0 saturated carbocycles. The molecule has 0 N–H and O–H groups in total. The number of rotatable bonds is 5. The first-order valence-electron chi connectivity index (χ1n) is 7.75. The highest BCUT2D eigenvalue weighted by Crippen LogP contribution is 2.40. The lowest BCUT2D eigenvalue weighted by Crippen LogP contribution is -2.14. The summed E-state index contributed by atoms with van der Waals surface area (Å²) in [7, 11) is 1.48. The molecule has 1 aliphatic rings. The van der Waals surface area contributed by atoms with Crippen molar-refractivity contribution in [3.63, 3.8) is 0 Å². The van der Waals surface area contributed by atoms with Crippen LogP contribution in [0.2, 0.25) is 0 Å². The fourth-order valence-electron chi connectivity index (χ4n) is 2.62. The molecule has 1 aliphatic carbocycles. The van der Waals surface area contributed by atoms with Gasteiger partial charge in [0.15, 0.2) is 0 Å². The Hall–Kier alpha value is -2.50. The Morgan fingerprint density at radius 3 is 2.56 bits per heavy atom. The van der Waals surface area contributed by atoms with Crippen LogP contribution in [0.3, 0.4) is 0 Å². The molecule has 1 aromatic carbocycles. The minimum atomic E-state index is -4.37. The normalized spacial score (nSPS) is 14.7. The molecule has 0 radical (unpaired) electrons. The molecule has 2 rings (SSSR count). The number of allylic oxidation sites excluding steroid dienone is 5. The quantitative estimate of drug-likeness (QED) is 0.725. The van der Waals surface area contributed by atoms with Crippen molar-refractivity contribution in [2.45, 2.75) is 25.9 Å². The largest absolute Gasteiger partial charge is 0.496 e. The standard InChI is InChI=1S/C19H19F3O3/c1-4-25-18(23)11-13-5-8-17(24-3)16(10-13)15-7-6-14(9-12(15)2)19(20,21)22/h5-8,10H,2,4,9,11H2,1,3H3. The van der Waals surface area contributed by atoms with Crippen LogP contribution in [0.5, 0.6) is 5.75 Å². The van der Waals surface area contributed by atoms with E-state index in [-0.39, 0.29) is 25.4 Å². The van der Waals surface area contributed by atoms with Gasteiger partial charge in [-0.15, -0.1) is 0 Å². The van der Waals surface area contributed by atoms with Gasteiger partial charge in [-0.05, 0) is 35.8 Å². The van der Waals surface area contributed by atoms with Gasteiger partial charge in [-0.1, -0.05) is 24.8 Å². The first kappa shape index (κ1) is 18.8. The van der Waals surface area contributed by atoms with Crippen LogP contribution in [0.1, 0.15) is 24.5 Å². The zero-order chi connectivity index (χ0) is 18.6. The Bertz CT molecular complexity index is 743. The summed E-state index contributed by atoms with van der Waals surface area (Å²) in [6.07, 6.45) is -2.13. The van der Waals surface area contributed by atoms with Crippen LogP contribution in [-0.4, -0.2) is 25.9 Å². The molecule has 25 heavy (non-hydrogen) atoms. The maximum atomic E-state index is 12.9. The lowest BCUT2D eigenvalue weighted by molar-refractivity contribution is -0.142. The Balaban J connectivity index is 2.40. The topological polar surface area (TPSA) is 35.5 Å². The van der Waals surface area contributed by atoms with E-state index in [1.165, 1.54) is 13.2 Å². The van der Waals surface area contributed by atoms with E-state index in [1.54, 1.807) is 25.1 Å². The SMILES string of the molecule is C=C1CC(C(F)(F)F)=CC=C1c1cc(CC(=O)OCC)ccc1OC. The molecule has 6 heteroatoms. The van der Waals surface area contributed by atoms with Gasteiger partial charge in [0, 0.05) is 17.6 Å². The van der Waals surface area contributed by atoms with E-state index in [0.29, 0.717) is 28.0 Å². The van der Waals surface area contributed by atoms with Crippen LogP contribution in [0.4, 0.5) is 13.2 Å². The fraction of sp³-hybridized carbons (Fsp3) is 0.316. The number of hydrogen-bond acceptors (Lipinski definition) is 3. The fourth-order valence-corrected chi connectivity index (χ4v) is 2.62. The summed E-state index contributed by atoms with van der Waals surface area (Å²) < 4.78 is 48.8. The van der Waals surface area contributed by atoms with Crippen molar-refractivity contribution in [2.75, 3.05) is 13.7 Å². The van der Waals surface area contributed by atoms with Crippen LogP contribution in [-0.2, 0) is 16.0 Å². The zero-order valence-electron chi connectivity index (χ0n) is 14.1. The van der Waals surface area contributed by atoms with Gasteiger partial charge in [-0.3, -0.25) is 4.79 Å². The third kappa shape index (κ3) is 4.53. The molecule has 0 saturated heterocycles. The summed E-state index contributed by atoms with van der Waals surface area (Å²) in [5.74, 6) is 0.137. The van der Waals surface area contributed by atoms with Crippen LogP contribution < -0.4 is 4.74 Å². The molecular formula is C19H19F3O3. The second kappa shape index (κ2) is 7.59. The third-order valence-electron chi connectivity index (χ3n) is 3.81. The summed E-state index contributed by atoms with van der Waals surface area (Å²) >= 11 is 0. The Kier molecular flexibility index (Phi) is 5.72. The molecule has 0 bridgehead atoms. The van der Waals surface area contributed by atoms with E-state index in [2.05, 4.69) is 6.58 Å². The molecule has 0 unspecified atom stereocenters. The van der Waals surface area contributed by atoms with Gasteiger partial charge in [0.2, 0.25) is 0 Å². The monoisotopic (exact) mass is 352 g/mol. The smallest absolute Gasteiger partial charge is 0.413 e. The molecule has 0 aromatic heterocycles. The van der Waals surface area contributed by atoms with Gasteiger partial charge >= 0.3 is 12.1 Å². The highest BCUT2D eigenvalue weighted by Gasteiger charge is 2.35. The number of halogens is 3. The van der Waals surface area contributed by atoms with Gasteiger partial charge in [-0.25, -0.2) is 0 Å². The average molecular weight is 352 g/mol. The Morgan fingerprint density at radius 1 is 1.28 bits per heavy atom. The summed E-state index contributed by atoms with van der Waals surface area (Å²) in [6.45, 7) is 5.78. The number of ether oxygens (including phenoxy) is 2. The number of benzene rings is 1. The van der Waals surface area contributed by atoms with Crippen molar-refractivity contribution in [1.82, 2.24) is 0 Å². The van der Waals surface area contributed by atoms with Gasteiger partial charge < -0.3 is 9.47 Å². The van der Waals surface area contributed by atoms with Gasteiger partial charge in [0.1, 0.15) is 5.75 Å². The number of carbonyl (C=O) groups is 1. The number of hydrogen-bond donors (Lipinski definition) is 0. The van der Waals surface area contributed by atoms with Gasteiger partial charge in [0.25, 0.3) is 0 Å². The van der Waals surface area contributed by atoms with Crippen molar-refractivity contribution in [3.8, 4) is 5.75 Å². The maximum Gasteiger partial charge on any atom is 0.413 e. The highest BCUT2D eigenvalue weighted by atomic mass is 19.4. The third-order valence-corrected chi connectivity index (χ3v) is 3.81. The van der Waals surface area contributed by atoms with Crippen molar-refractivity contribution >= 4 is 11.5 Å². The molecule has 3 nitrogen and oxygen atoms in total. The predicted octanol–water partition coefficient (Wildman–Crippen LogP) is 4.63. The lowest BCUT2D eigenvalue weighted by Gasteiger charge is -2.21. The van der Waals surface area contributed by atoms with Gasteiger partial charge in [-0.2, -0.15) is 13.2 Å². The molecule has 0 spiro atoms. The van der Waals surface area contributed by atoms with Crippen LogP contribution >= 0.6 is 0 Å². The van der Waals surface area contributed by atoms with Crippen LogP contribution in [0.25, 0.3) is 5.57 Å². The number of alkyl halides is 3. The highest BCUT2D eigenvalue weighted by molar-refractivity contribution is 5.85. The first-order chi connectivity index (χ1) is 11.8. The molecule has 0 fully saturated rings. The van der Waals surface area contributed by atoms with E-state index < -0.39 is 11.7 Å². The summed E-state index contributed by atoms with van der Waals surface area (Å²) in [5.41, 5.74) is 1.57. The maximum absolute atomic E-state index is 12.9. The summed E-state index contributed by atoms with van der Waals surface area (Å²) in [4.78, 5) is 11.7. The van der Waals surface area contributed by atoms with Crippen molar-refractivity contribution in [3.05, 3.63) is 59.2 Å². The predicted molar refractivity (Wildman–Crippen MR) is 89.2 cm³/mol. The van der Waals surface area contributed by atoms with Crippen LogP contribution in [0, 0.1) is 0 Å². The molecule has 0 atom stereocenters. The lowest BCUT2D eigenvalue weighted by atomic mass is 9.88. The van der Waals surface area contributed by atoms with E-state index in [0.717, 1.165) is 6.08 Å². The molecule has 0 amide bonds. The Morgan fingerprint density at radius 2 is 2.00 bits per heavy atom. The number of methoxy groups -OCH3 is 1. The molecule has 134 valence electrons. The zero-order valence-corrected chi connectivity index (χ0v) is 14.1. The van der Waals surface area contributed by atoms with E-state index >= 15 is 0 Å². The minimum Gasteiger partial charge on any atom is -0.496 e. The van der Waals surface area contributed by atoms with E-state index in [4.69, 9.17) is 9.47 Å². The molecular weight excluding hydrogens is 333 g/mol. The summed E-state index contributed by atoms with van der Waals surface area (Å²) in [5, 5.41) is 0. The van der Waals surface area contributed by atoms with E-state index in [9.17, 15) is 18.0 Å². The summed E-state index contributed by atoms with van der Waals surface area (Å²) in [6, 6.07) is 5.13. The second-order valence-electron chi connectivity index (χ2n) is 5.57. The molecule has 1 aromatic rings. The number of esters is 1. The minimum absolute atomic E-state index is 0.0776. The van der Waals surface area contributed by atoms with E-state index in [1.807, 2.05) is 0 Å². The van der Waals surface area contributed by atoms with Crippen molar-refractivity contribution < 1.29 is 27.4 Å². The van der Waals surface area contributed by atoms with Crippen LogP contribution in [0.15, 0.2) is 48.1 Å². The average Bonchev–Trinajstić information content (AvgIpc) is 2.54. The molecule has 0 aliphatic heterocycles. The first-order valence-corrected chi connectivity index (χ1v) is 7.75. The van der Waals surface area contributed by atoms with Gasteiger partial charge in [0.05, 0.1) is 20.1 Å².